The fourth-order valence-corrected chi connectivity index (χ4v) is 3.53. The molecule has 1 aliphatic heterocycles. The zero-order valence-corrected chi connectivity index (χ0v) is 17.1. The highest BCUT2D eigenvalue weighted by Gasteiger charge is 2.27. The van der Waals surface area contributed by atoms with Gasteiger partial charge in [0, 0.05) is 24.1 Å². The summed E-state index contributed by atoms with van der Waals surface area (Å²) in [4.78, 5) is 31.3. The summed E-state index contributed by atoms with van der Waals surface area (Å²) in [5.74, 6) is -0.606. The van der Waals surface area contributed by atoms with Crippen LogP contribution < -0.4 is 4.90 Å². The van der Waals surface area contributed by atoms with Crippen LogP contribution in [0.2, 0.25) is 5.02 Å². The molecule has 0 saturated heterocycles. The molecular weight excluding hydrogens is 400 g/mol. The zero-order chi connectivity index (χ0) is 21.1. The van der Waals surface area contributed by atoms with Gasteiger partial charge in [-0.2, -0.15) is 0 Å². The second-order valence-corrected chi connectivity index (χ2v) is 7.43. The van der Waals surface area contributed by atoms with Gasteiger partial charge in [0.25, 0.3) is 5.91 Å². The van der Waals surface area contributed by atoms with E-state index in [1.165, 1.54) is 0 Å². The van der Waals surface area contributed by atoms with Crippen molar-refractivity contribution in [2.45, 2.75) is 13.0 Å². The van der Waals surface area contributed by atoms with Gasteiger partial charge in [0.05, 0.1) is 11.4 Å². The Balaban J connectivity index is 1.57. The van der Waals surface area contributed by atoms with Gasteiger partial charge in [0.1, 0.15) is 12.3 Å². The molecule has 1 amide bonds. The Kier molecular flexibility index (Phi) is 5.63. The number of amides is 1. The molecule has 0 radical (unpaired) electrons. The third kappa shape index (κ3) is 4.26. The van der Waals surface area contributed by atoms with E-state index < -0.39 is 5.97 Å². The Hall–Kier alpha value is -3.44. The van der Waals surface area contributed by atoms with Gasteiger partial charge < -0.3 is 9.64 Å². The molecule has 0 atom stereocenters. The van der Waals surface area contributed by atoms with E-state index >= 15 is 0 Å². The molecule has 4 rings (SSSR count). The van der Waals surface area contributed by atoms with Crippen molar-refractivity contribution >= 4 is 35.2 Å². The summed E-state index contributed by atoms with van der Waals surface area (Å²) < 4.78 is 5.38. The van der Waals surface area contributed by atoms with Crippen LogP contribution in [0.15, 0.2) is 72.3 Å². The number of aromatic nitrogens is 1. The maximum absolute atomic E-state index is 12.8. The highest BCUT2D eigenvalue weighted by molar-refractivity contribution is 6.30. The number of carbonyl (C=O) groups is 2. The molecule has 3 aromatic rings. The number of hydrogen-bond donors (Lipinski definition) is 0. The lowest BCUT2D eigenvalue weighted by molar-refractivity contribution is -0.115. The van der Waals surface area contributed by atoms with E-state index in [4.69, 9.17) is 16.3 Å². The molecular formula is C24H19ClN2O3. The maximum Gasteiger partial charge on any atom is 0.357 e. The summed E-state index contributed by atoms with van der Waals surface area (Å²) in [6, 6.07) is 20.1. The number of anilines is 1. The molecule has 1 aromatic heterocycles. The normalized spacial score (nSPS) is 14.5. The van der Waals surface area contributed by atoms with Crippen LogP contribution in [0.4, 0.5) is 5.69 Å². The summed E-state index contributed by atoms with van der Waals surface area (Å²) in [6.07, 6.45) is 2.13. The molecule has 2 heterocycles. The van der Waals surface area contributed by atoms with E-state index in [1.807, 2.05) is 42.5 Å². The van der Waals surface area contributed by atoms with Crippen molar-refractivity contribution in [3.8, 4) is 0 Å². The van der Waals surface area contributed by atoms with E-state index in [9.17, 15) is 9.59 Å². The topological polar surface area (TPSA) is 59.5 Å². The number of carbonyl (C=O) groups excluding carboxylic acids is 2. The molecule has 0 aliphatic carbocycles. The van der Waals surface area contributed by atoms with E-state index in [-0.39, 0.29) is 18.2 Å². The molecule has 0 saturated carbocycles. The van der Waals surface area contributed by atoms with E-state index in [0.717, 1.165) is 11.1 Å². The Morgan fingerprint density at radius 2 is 1.93 bits per heavy atom. The molecule has 6 heteroatoms. The number of hydrogen-bond acceptors (Lipinski definition) is 4. The highest BCUT2D eigenvalue weighted by atomic mass is 35.5. The first-order valence-electron chi connectivity index (χ1n) is 9.46. The standard InChI is InChI=1S/C24H19ClN2O3/c1-27-22-11-10-20(24(29)30-15-16-6-3-2-4-7-16)26-21(22)14-18(23(27)28)12-17-8-5-9-19(25)13-17/h2-13H,14-15H2,1H3/b18-12-. The van der Waals surface area contributed by atoms with Crippen molar-refractivity contribution in [1.82, 2.24) is 4.98 Å². The zero-order valence-electron chi connectivity index (χ0n) is 16.3. The van der Waals surface area contributed by atoms with Crippen LogP contribution in [0.5, 0.6) is 0 Å². The Morgan fingerprint density at radius 3 is 2.70 bits per heavy atom. The summed E-state index contributed by atoms with van der Waals surface area (Å²) in [5, 5.41) is 0.600. The number of likely N-dealkylation sites (N-methyl/N-ethyl adjacent to an activating group) is 1. The number of nitrogens with zero attached hydrogens (tertiary/aromatic N) is 2. The summed E-state index contributed by atoms with van der Waals surface area (Å²) in [7, 11) is 1.70. The van der Waals surface area contributed by atoms with Crippen LogP contribution in [-0.2, 0) is 22.6 Å². The molecule has 0 spiro atoms. The van der Waals surface area contributed by atoms with Crippen molar-refractivity contribution in [2.75, 3.05) is 11.9 Å². The van der Waals surface area contributed by atoms with Crippen LogP contribution in [0, 0.1) is 0 Å². The number of esters is 1. The van der Waals surface area contributed by atoms with E-state index in [1.54, 1.807) is 42.3 Å². The monoisotopic (exact) mass is 418 g/mol. The molecule has 0 bridgehead atoms. The third-order valence-corrected chi connectivity index (χ3v) is 5.10. The molecule has 0 fully saturated rings. The lowest BCUT2D eigenvalue weighted by Crippen LogP contribution is -2.34. The van der Waals surface area contributed by atoms with Gasteiger partial charge in [-0.3, -0.25) is 4.79 Å². The van der Waals surface area contributed by atoms with Gasteiger partial charge in [-0.1, -0.05) is 54.1 Å². The van der Waals surface area contributed by atoms with Gasteiger partial charge in [-0.15, -0.1) is 0 Å². The number of rotatable bonds is 4. The Labute approximate surface area is 179 Å². The smallest absolute Gasteiger partial charge is 0.357 e. The molecule has 2 aromatic carbocycles. The van der Waals surface area contributed by atoms with Gasteiger partial charge in [0.15, 0.2) is 0 Å². The summed E-state index contributed by atoms with van der Waals surface area (Å²) in [5.41, 5.74) is 3.87. The Bertz CT molecular complexity index is 1140. The fourth-order valence-electron chi connectivity index (χ4n) is 3.33. The highest BCUT2D eigenvalue weighted by Crippen LogP contribution is 2.29. The second kappa shape index (κ2) is 8.51. The number of halogens is 1. The first-order valence-corrected chi connectivity index (χ1v) is 9.84. The number of benzene rings is 2. The molecule has 0 unspecified atom stereocenters. The minimum Gasteiger partial charge on any atom is -0.456 e. The van der Waals surface area contributed by atoms with Gasteiger partial charge in [0.2, 0.25) is 0 Å². The SMILES string of the molecule is CN1C(=O)/C(=C\c2cccc(Cl)c2)Cc2nc(C(=O)OCc3ccccc3)ccc21. The van der Waals surface area contributed by atoms with Gasteiger partial charge in [-0.05, 0) is 41.5 Å². The first-order chi connectivity index (χ1) is 14.5. The Morgan fingerprint density at radius 1 is 1.13 bits per heavy atom. The molecule has 30 heavy (non-hydrogen) atoms. The van der Waals surface area contributed by atoms with Crippen molar-refractivity contribution in [1.29, 1.82) is 0 Å². The summed E-state index contributed by atoms with van der Waals surface area (Å²) in [6.45, 7) is 0.177. The van der Waals surface area contributed by atoms with E-state index in [0.29, 0.717) is 28.4 Å². The minimum absolute atomic E-state index is 0.108. The average Bonchev–Trinajstić information content (AvgIpc) is 2.76. The quantitative estimate of drug-likeness (QED) is 0.455. The summed E-state index contributed by atoms with van der Waals surface area (Å²) >= 11 is 6.05. The number of fused-ring (bicyclic) bond motifs is 1. The largest absolute Gasteiger partial charge is 0.456 e. The maximum atomic E-state index is 12.8. The fraction of sp³-hybridized carbons (Fsp3) is 0.125. The van der Waals surface area contributed by atoms with Crippen molar-refractivity contribution in [3.05, 3.63) is 99.8 Å². The minimum atomic E-state index is -0.499. The second-order valence-electron chi connectivity index (χ2n) is 6.99. The molecule has 5 nitrogen and oxygen atoms in total. The molecule has 1 aliphatic rings. The van der Waals surface area contributed by atoms with Gasteiger partial charge in [-0.25, -0.2) is 9.78 Å². The van der Waals surface area contributed by atoms with Crippen molar-refractivity contribution in [3.63, 3.8) is 0 Å². The lowest BCUT2D eigenvalue weighted by atomic mass is 9.99. The van der Waals surface area contributed by atoms with Crippen LogP contribution >= 0.6 is 11.6 Å². The average molecular weight is 419 g/mol. The third-order valence-electron chi connectivity index (χ3n) is 4.86. The molecule has 0 N–H and O–H groups in total. The number of ether oxygens (including phenoxy) is 1. The van der Waals surface area contributed by atoms with Crippen LogP contribution in [0.1, 0.15) is 27.3 Å². The van der Waals surface area contributed by atoms with Crippen molar-refractivity contribution in [2.24, 2.45) is 0 Å². The van der Waals surface area contributed by atoms with Crippen LogP contribution in [0.3, 0.4) is 0 Å². The van der Waals surface area contributed by atoms with Gasteiger partial charge >= 0.3 is 5.97 Å². The number of pyridine rings is 1. The predicted molar refractivity (Wildman–Crippen MR) is 116 cm³/mol. The first kappa shape index (κ1) is 19.9. The van der Waals surface area contributed by atoms with Crippen molar-refractivity contribution < 1.29 is 14.3 Å². The van der Waals surface area contributed by atoms with Crippen LogP contribution in [-0.4, -0.2) is 23.9 Å². The molecule has 150 valence electrons. The lowest BCUT2D eigenvalue weighted by Gasteiger charge is -2.27. The van der Waals surface area contributed by atoms with E-state index in [2.05, 4.69) is 4.98 Å². The predicted octanol–water partition coefficient (Wildman–Crippen LogP) is 4.69. The van der Waals surface area contributed by atoms with Crippen LogP contribution in [0.25, 0.3) is 6.08 Å².